The molecule has 1 fully saturated rings. The molecule has 1 amide bonds. The highest BCUT2D eigenvalue weighted by Crippen LogP contribution is 2.34. The molecule has 0 saturated carbocycles. The summed E-state index contributed by atoms with van der Waals surface area (Å²) in [5.41, 5.74) is 2.69. The van der Waals surface area contributed by atoms with Crippen molar-refractivity contribution < 1.29 is 14.3 Å². The van der Waals surface area contributed by atoms with Crippen molar-refractivity contribution in [2.75, 3.05) is 33.1 Å². The molecule has 1 aromatic heterocycles. The molecule has 3 aromatic rings. The van der Waals surface area contributed by atoms with E-state index in [1.807, 2.05) is 36.4 Å². The third-order valence-corrected chi connectivity index (χ3v) is 8.47. The van der Waals surface area contributed by atoms with Gasteiger partial charge in [-0.15, -0.1) is 0 Å². The summed E-state index contributed by atoms with van der Waals surface area (Å²) in [6, 6.07) is 11.7. The first-order valence-corrected chi connectivity index (χ1v) is 14.2. The van der Waals surface area contributed by atoms with E-state index in [0.29, 0.717) is 39.3 Å². The van der Waals surface area contributed by atoms with Crippen molar-refractivity contribution in [3.8, 4) is 22.6 Å². The Morgan fingerprint density at radius 1 is 1.08 bits per heavy atom. The molecule has 2 N–H and O–H groups in total. The molecular weight excluding hydrogens is 543 g/mol. The van der Waals surface area contributed by atoms with Gasteiger partial charge in [-0.3, -0.25) is 4.79 Å². The molecule has 2 aromatic carbocycles. The fraction of sp³-hybridized carbons (Fsp3) is 0.393. The molecule has 4 rings (SSSR count). The van der Waals surface area contributed by atoms with Crippen LogP contribution in [0.3, 0.4) is 0 Å². The number of carbonyl (C=O) groups is 1. The van der Waals surface area contributed by atoms with Crippen molar-refractivity contribution in [1.82, 2.24) is 20.6 Å². The third-order valence-electron chi connectivity index (χ3n) is 6.86. The van der Waals surface area contributed by atoms with Crippen LogP contribution in [0, 0.1) is 5.41 Å². The first-order chi connectivity index (χ1) is 18.3. The number of ether oxygens (including phenoxy) is 2. The van der Waals surface area contributed by atoms with Gasteiger partial charge in [0.2, 0.25) is 5.91 Å². The molecule has 0 bridgehead atoms. The molecule has 38 heavy (non-hydrogen) atoms. The van der Waals surface area contributed by atoms with E-state index in [1.54, 1.807) is 26.6 Å². The van der Waals surface area contributed by atoms with E-state index in [-0.39, 0.29) is 17.1 Å². The minimum absolute atomic E-state index is 0.0547. The Labute approximate surface area is 238 Å². The average molecular weight is 576 g/mol. The molecular formula is C28H32Cl2N4O3S. The van der Waals surface area contributed by atoms with Crippen molar-refractivity contribution in [2.24, 2.45) is 5.41 Å². The van der Waals surface area contributed by atoms with Gasteiger partial charge in [0.25, 0.3) is 0 Å². The number of hydrogen-bond acceptors (Lipinski definition) is 7. The zero-order valence-corrected chi connectivity index (χ0v) is 24.1. The first-order valence-electron chi connectivity index (χ1n) is 12.4. The van der Waals surface area contributed by atoms with E-state index in [1.165, 1.54) is 11.8 Å². The smallest absolute Gasteiger partial charge is 0.230 e. The standard InChI is InChI=1S/C28H32Cl2N4O3S/c1-28(25-5-4-10-31-25,13-18-6-8-21(29)22(30)11-18)17-34-26(35)16-38-27-32-14-20(15-33-27)19-7-9-23(36-2)24(12-19)37-3/h6-9,11-12,14-15,25,31H,4-5,10,13,16-17H2,1-3H3,(H,34,35). The van der Waals surface area contributed by atoms with Crippen LogP contribution < -0.4 is 20.1 Å². The lowest BCUT2D eigenvalue weighted by Crippen LogP contribution is -2.49. The summed E-state index contributed by atoms with van der Waals surface area (Å²) < 4.78 is 10.7. The van der Waals surface area contributed by atoms with Crippen LogP contribution in [0.25, 0.3) is 11.1 Å². The van der Waals surface area contributed by atoms with Crippen LogP contribution in [0.2, 0.25) is 10.0 Å². The number of nitrogens with zero attached hydrogens (tertiary/aromatic N) is 2. The van der Waals surface area contributed by atoms with Crippen LogP contribution in [-0.4, -0.2) is 55.0 Å². The van der Waals surface area contributed by atoms with Crippen molar-refractivity contribution in [3.63, 3.8) is 0 Å². The van der Waals surface area contributed by atoms with Gasteiger partial charge in [-0.2, -0.15) is 0 Å². The highest BCUT2D eigenvalue weighted by atomic mass is 35.5. The normalized spacial score (nSPS) is 16.6. The van der Waals surface area contributed by atoms with Gasteiger partial charge in [0.1, 0.15) is 0 Å². The molecule has 2 heterocycles. The predicted molar refractivity (Wildman–Crippen MR) is 154 cm³/mol. The molecule has 0 radical (unpaired) electrons. The highest BCUT2D eigenvalue weighted by molar-refractivity contribution is 7.99. The van der Waals surface area contributed by atoms with Gasteiger partial charge in [0.05, 0.1) is 30.0 Å². The van der Waals surface area contributed by atoms with Gasteiger partial charge in [0.15, 0.2) is 16.7 Å². The summed E-state index contributed by atoms with van der Waals surface area (Å²) in [5.74, 6) is 1.48. The van der Waals surface area contributed by atoms with E-state index in [0.717, 1.165) is 42.5 Å². The SMILES string of the molecule is COc1ccc(-c2cnc(SCC(=O)NCC(C)(Cc3ccc(Cl)c(Cl)c3)C3CCCN3)nc2)cc1OC. The molecule has 1 aliphatic heterocycles. The minimum Gasteiger partial charge on any atom is -0.493 e. The molecule has 2 unspecified atom stereocenters. The Hall–Kier alpha value is -2.52. The lowest BCUT2D eigenvalue weighted by Gasteiger charge is -2.36. The second kappa shape index (κ2) is 13.0. The Morgan fingerprint density at radius 2 is 1.84 bits per heavy atom. The third kappa shape index (κ3) is 7.11. The number of rotatable bonds is 11. The number of hydrogen-bond donors (Lipinski definition) is 2. The quantitative estimate of drug-likeness (QED) is 0.225. The van der Waals surface area contributed by atoms with Crippen LogP contribution in [0.4, 0.5) is 0 Å². The Morgan fingerprint density at radius 3 is 2.50 bits per heavy atom. The predicted octanol–water partition coefficient (Wildman–Crippen LogP) is 5.68. The average Bonchev–Trinajstić information content (AvgIpc) is 3.49. The summed E-state index contributed by atoms with van der Waals surface area (Å²) >= 11 is 13.7. The van der Waals surface area contributed by atoms with Gasteiger partial charge < -0.3 is 20.1 Å². The summed E-state index contributed by atoms with van der Waals surface area (Å²) in [6.45, 7) is 3.74. The second-order valence-corrected chi connectivity index (χ2v) is 11.4. The largest absolute Gasteiger partial charge is 0.493 e. The van der Waals surface area contributed by atoms with Crippen LogP contribution in [-0.2, 0) is 11.2 Å². The van der Waals surface area contributed by atoms with Crippen LogP contribution in [0.5, 0.6) is 11.5 Å². The van der Waals surface area contributed by atoms with Crippen molar-refractivity contribution in [2.45, 2.75) is 37.4 Å². The highest BCUT2D eigenvalue weighted by Gasteiger charge is 2.36. The van der Waals surface area contributed by atoms with Gasteiger partial charge in [-0.25, -0.2) is 9.97 Å². The van der Waals surface area contributed by atoms with Crippen molar-refractivity contribution in [1.29, 1.82) is 0 Å². The fourth-order valence-corrected chi connectivity index (χ4v) is 5.68. The number of carbonyl (C=O) groups excluding carboxylic acids is 1. The Kier molecular flexibility index (Phi) is 9.76. The van der Waals surface area contributed by atoms with Crippen LogP contribution >= 0.6 is 35.0 Å². The number of benzene rings is 2. The summed E-state index contributed by atoms with van der Waals surface area (Å²) in [7, 11) is 3.20. The molecule has 1 aliphatic rings. The summed E-state index contributed by atoms with van der Waals surface area (Å²) in [5, 5.41) is 8.37. The van der Waals surface area contributed by atoms with Crippen LogP contribution in [0.15, 0.2) is 53.9 Å². The Balaban J connectivity index is 1.34. The zero-order chi connectivity index (χ0) is 27.1. The fourth-order valence-electron chi connectivity index (χ4n) is 4.74. The number of aromatic nitrogens is 2. The van der Waals surface area contributed by atoms with Gasteiger partial charge in [0, 0.05) is 36.0 Å². The molecule has 0 spiro atoms. The van der Waals surface area contributed by atoms with E-state index in [2.05, 4.69) is 27.5 Å². The summed E-state index contributed by atoms with van der Waals surface area (Å²) in [4.78, 5) is 21.6. The molecule has 202 valence electrons. The monoisotopic (exact) mass is 574 g/mol. The molecule has 7 nitrogen and oxygen atoms in total. The molecule has 1 saturated heterocycles. The minimum atomic E-state index is -0.175. The number of methoxy groups -OCH3 is 2. The van der Waals surface area contributed by atoms with E-state index >= 15 is 0 Å². The maximum Gasteiger partial charge on any atom is 0.230 e. The van der Waals surface area contributed by atoms with Crippen molar-refractivity contribution >= 4 is 40.9 Å². The van der Waals surface area contributed by atoms with Crippen molar-refractivity contribution in [3.05, 3.63) is 64.4 Å². The molecule has 2 atom stereocenters. The summed E-state index contributed by atoms with van der Waals surface area (Å²) in [6.07, 6.45) is 6.46. The molecule has 0 aliphatic carbocycles. The zero-order valence-electron chi connectivity index (χ0n) is 21.7. The number of thioether (sulfide) groups is 1. The van der Waals surface area contributed by atoms with Gasteiger partial charge in [-0.1, -0.05) is 54.0 Å². The topological polar surface area (TPSA) is 85.4 Å². The van der Waals surface area contributed by atoms with E-state index in [9.17, 15) is 4.79 Å². The van der Waals surface area contributed by atoms with Gasteiger partial charge >= 0.3 is 0 Å². The van der Waals surface area contributed by atoms with Crippen LogP contribution in [0.1, 0.15) is 25.3 Å². The number of halogens is 2. The Bertz CT molecular complexity index is 1260. The lowest BCUT2D eigenvalue weighted by atomic mass is 9.76. The second-order valence-electron chi connectivity index (χ2n) is 9.62. The van der Waals surface area contributed by atoms with E-state index in [4.69, 9.17) is 32.7 Å². The van der Waals surface area contributed by atoms with E-state index < -0.39 is 0 Å². The van der Waals surface area contributed by atoms with Gasteiger partial charge in [-0.05, 0) is 61.2 Å². The lowest BCUT2D eigenvalue weighted by molar-refractivity contribution is -0.119. The number of amides is 1. The maximum atomic E-state index is 12.8. The number of nitrogens with one attached hydrogen (secondary N) is 2. The molecule has 10 heteroatoms. The first kappa shape index (κ1) is 28.5. The maximum absolute atomic E-state index is 12.8.